The van der Waals surface area contributed by atoms with Crippen molar-refractivity contribution in [3.8, 4) is 0 Å². The van der Waals surface area contributed by atoms with E-state index >= 15 is 0 Å². The van der Waals surface area contributed by atoms with Crippen molar-refractivity contribution in [1.29, 1.82) is 0 Å². The number of hydrogen-bond donors (Lipinski definition) is 0. The quantitative estimate of drug-likeness (QED) is 0.155. The second-order valence-corrected chi connectivity index (χ2v) is 56.0. The molecule has 0 aliphatic heterocycles. The molecule has 0 amide bonds. The van der Waals surface area contributed by atoms with Crippen molar-refractivity contribution in [2.24, 2.45) is 0 Å². The van der Waals surface area contributed by atoms with Crippen molar-refractivity contribution in [3.63, 3.8) is 0 Å². The summed E-state index contributed by atoms with van der Waals surface area (Å²) in [6.45, 7) is 47.9. The van der Waals surface area contributed by atoms with E-state index in [2.05, 4.69) is 156 Å². The maximum absolute atomic E-state index is 2.85. The summed E-state index contributed by atoms with van der Waals surface area (Å²) in [7, 11) is -5.87. The minimum atomic E-state index is -1.49. The molecule has 3 rings (SSSR count). The topological polar surface area (TPSA) is 0 Å². The molecule has 0 saturated heterocycles. The van der Waals surface area contributed by atoms with Crippen molar-refractivity contribution in [2.75, 3.05) is 0 Å². The van der Waals surface area contributed by atoms with E-state index in [0.717, 1.165) is 15.5 Å². The Balaban J connectivity index is 0.00000160. The minimum Gasteiger partial charge on any atom is -0.0693 e. The number of rotatable bonds is 11. The second-order valence-electron chi connectivity index (χ2n) is 19.8. The molecule has 46 heavy (non-hydrogen) atoms. The van der Waals surface area contributed by atoms with Crippen LogP contribution >= 0.6 is 15.7 Å². The summed E-state index contributed by atoms with van der Waals surface area (Å²) in [6.07, 6.45) is 19.1. The van der Waals surface area contributed by atoms with Crippen LogP contribution in [0.4, 0.5) is 0 Å². The maximum atomic E-state index is 2.85. The van der Waals surface area contributed by atoms with Crippen molar-refractivity contribution >= 4 is 69.5 Å². The van der Waals surface area contributed by atoms with E-state index < -0.39 is 48.4 Å². The first-order chi connectivity index (χ1) is 20.2. The zero-order valence-corrected chi connectivity index (χ0v) is 41.7. The van der Waals surface area contributed by atoms with Crippen LogP contribution in [0.1, 0.15) is 32.2 Å². The van der Waals surface area contributed by atoms with Crippen LogP contribution in [-0.2, 0) is 17.1 Å². The maximum Gasteiger partial charge on any atom is 0.0493 e. The van der Waals surface area contributed by atoms with E-state index in [1.54, 1.807) is 22.0 Å². The van der Waals surface area contributed by atoms with Crippen LogP contribution in [0, 0.1) is 63.4 Å². The van der Waals surface area contributed by atoms with Crippen LogP contribution in [0.3, 0.4) is 0 Å². The molecular weight excluding hydrogens is 731 g/mol. The van der Waals surface area contributed by atoms with Gasteiger partial charge in [-0.15, -0.1) is 0 Å². The first kappa shape index (κ1) is 45.7. The molecule has 0 aromatic heterocycles. The van der Waals surface area contributed by atoms with Crippen molar-refractivity contribution < 1.29 is 17.1 Å². The van der Waals surface area contributed by atoms with Gasteiger partial charge < -0.3 is 0 Å². The molecular formula is C37H68FeP2Si6. The third-order valence-electron chi connectivity index (χ3n) is 8.81. The molecule has 0 nitrogen and oxygen atoms in total. The zero-order chi connectivity index (χ0) is 34.8. The summed E-state index contributed by atoms with van der Waals surface area (Å²) in [4.78, 5) is 0. The van der Waals surface area contributed by atoms with Gasteiger partial charge in [-0.25, -0.2) is 0 Å². The molecule has 1 aromatic carbocycles. The Bertz CT molecular complexity index is 1010. The molecule has 0 atom stereocenters. The molecule has 0 N–H and O–H groups in total. The van der Waals surface area contributed by atoms with Gasteiger partial charge in [0, 0.05) is 76.5 Å². The largest absolute Gasteiger partial charge is 0.0693 e. The van der Waals surface area contributed by atoms with Gasteiger partial charge in [0.15, 0.2) is 0 Å². The minimum absolute atomic E-state index is 0. The van der Waals surface area contributed by atoms with Gasteiger partial charge in [0.2, 0.25) is 0 Å². The molecule has 0 spiro atoms. The van der Waals surface area contributed by atoms with E-state index in [9.17, 15) is 0 Å². The predicted molar refractivity (Wildman–Crippen MR) is 230 cm³/mol. The van der Waals surface area contributed by atoms with E-state index in [1.807, 2.05) is 32.1 Å². The standard InChI is InChI=1S/C32H63P2Si6.C5H5.Fe/c1-35(2,3)30(36(4,5)6)25-23-27(31(37(7,8)9)38(10,11)12)29(34-33-26-21-19-20-22-26)28(24-25)32(39(13,14)15)40(16,17)18;1-2-4-5-3-1;/h19-24,30-32H,1-18H3;1-5H;. The summed E-state index contributed by atoms with van der Waals surface area (Å²) in [5, 5.41) is 4.07. The third kappa shape index (κ3) is 13.3. The van der Waals surface area contributed by atoms with E-state index in [0.29, 0.717) is 0 Å². The summed E-state index contributed by atoms with van der Waals surface area (Å²) in [6, 6.07) is 5.69. The molecule has 1 aromatic rings. The molecule has 0 heterocycles. The normalized spacial score (nSPS) is 17.7. The van der Waals surface area contributed by atoms with Gasteiger partial charge in [-0.1, -0.05) is 138 Å². The zero-order valence-electron chi connectivity index (χ0n) is 32.8. The summed E-state index contributed by atoms with van der Waals surface area (Å²) in [5.74, 6) is 0. The Morgan fingerprint density at radius 3 is 0.935 bits per heavy atom. The van der Waals surface area contributed by atoms with Gasteiger partial charge in [-0.3, -0.25) is 0 Å². The Morgan fingerprint density at radius 1 is 0.391 bits per heavy atom. The van der Waals surface area contributed by atoms with Gasteiger partial charge in [0.25, 0.3) is 0 Å². The van der Waals surface area contributed by atoms with Crippen LogP contribution in [0.5, 0.6) is 0 Å². The Kier molecular flexibility index (Phi) is 17.3. The van der Waals surface area contributed by atoms with E-state index in [-0.39, 0.29) is 17.1 Å². The monoisotopic (exact) mass is 798 g/mol. The fourth-order valence-corrected chi connectivity index (χ4v) is 50.6. The smallest absolute Gasteiger partial charge is 0.0493 e. The average Bonchev–Trinajstić information content (AvgIpc) is 3.50. The molecule has 10 radical (unpaired) electrons. The molecule has 2 fully saturated rings. The van der Waals surface area contributed by atoms with Gasteiger partial charge in [-0.2, -0.15) is 0 Å². The van der Waals surface area contributed by atoms with Gasteiger partial charge in [0.05, 0.1) is 0 Å². The van der Waals surface area contributed by atoms with Gasteiger partial charge >= 0.3 is 0 Å². The third-order valence-corrected chi connectivity index (χ3v) is 39.6. The van der Waals surface area contributed by atoms with Crippen LogP contribution in [0.2, 0.25) is 118 Å². The van der Waals surface area contributed by atoms with Crippen LogP contribution in [0.25, 0.3) is 0 Å². The molecule has 258 valence electrons. The van der Waals surface area contributed by atoms with E-state index in [1.165, 1.54) is 21.4 Å². The fourth-order valence-electron chi connectivity index (χ4n) is 9.05. The van der Waals surface area contributed by atoms with Crippen LogP contribution < -0.4 is 5.30 Å². The number of benzene rings is 1. The Hall–Kier alpha value is 1.64. The summed E-state index contributed by atoms with van der Waals surface area (Å²) in [5.41, 5.74) is 6.82. The molecule has 0 unspecified atom stereocenters. The molecule has 2 aliphatic rings. The van der Waals surface area contributed by atoms with E-state index in [4.69, 9.17) is 0 Å². The first-order valence-electron chi connectivity index (χ1n) is 17.1. The van der Waals surface area contributed by atoms with Crippen LogP contribution in [0.15, 0.2) is 12.1 Å². The number of hydrogen-bond acceptors (Lipinski definition) is 0. The summed E-state index contributed by atoms with van der Waals surface area (Å²) >= 11 is 0. The molecule has 9 heteroatoms. The van der Waals surface area contributed by atoms with Crippen LogP contribution in [-0.4, -0.2) is 48.4 Å². The van der Waals surface area contributed by atoms with Crippen molar-refractivity contribution in [3.05, 3.63) is 92.3 Å². The average molecular weight is 799 g/mol. The second kappa shape index (κ2) is 17.4. The Labute approximate surface area is 310 Å². The molecule has 0 bridgehead atoms. The summed E-state index contributed by atoms with van der Waals surface area (Å²) < 4.78 is 0. The fraction of sp³-hybridized carbons (Fsp3) is 0.568. The van der Waals surface area contributed by atoms with Crippen molar-refractivity contribution in [1.82, 2.24) is 0 Å². The molecule has 2 saturated carbocycles. The SMILES string of the molecule is C[Si](C)(C)C(c1cc(C([Si](C)(C)C)[Si](C)(C)C)c(P=P[C]2[CH][CH][CH][CH]2)c(C([Si](C)(C)C)[Si](C)(C)C)c1)[Si](C)(C)C.[CH]1[CH][CH][CH][CH]1.[Fe]. The first-order valence-corrected chi connectivity index (χ1v) is 41.1. The Morgan fingerprint density at radius 2 is 0.674 bits per heavy atom. The van der Waals surface area contributed by atoms with Crippen molar-refractivity contribution in [2.45, 2.75) is 133 Å². The predicted octanol–water partition coefficient (Wildman–Crippen LogP) is 13.0. The van der Waals surface area contributed by atoms with Gasteiger partial charge in [0.1, 0.15) is 0 Å². The molecule has 2 aliphatic carbocycles. The van der Waals surface area contributed by atoms with Gasteiger partial charge in [-0.05, 0) is 97.8 Å².